The van der Waals surface area contributed by atoms with Crippen molar-refractivity contribution in [1.29, 1.82) is 0 Å². The van der Waals surface area contributed by atoms with Crippen molar-refractivity contribution in [2.75, 3.05) is 25.9 Å². The number of likely N-dealkylation sites (tertiary alicyclic amines) is 1. The molecule has 0 spiro atoms. The average molecular weight is 269 g/mol. The van der Waals surface area contributed by atoms with Gasteiger partial charge in [0.25, 0.3) is 5.91 Å². The average Bonchev–Trinajstić information content (AvgIpc) is 2.32. The Morgan fingerprint density at radius 1 is 1.67 bits per heavy atom. The fourth-order valence-electron chi connectivity index (χ4n) is 2.17. The van der Waals surface area contributed by atoms with Crippen LogP contribution in [-0.2, 0) is 0 Å². The predicted molar refractivity (Wildman–Crippen MR) is 71.6 cm³/mol. The number of nitrogens with zero attached hydrogens (tertiary/aromatic N) is 2. The van der Waals surface area contributed by atoms with Crippen molar-refractivity contribution in [1.82, 2.24) is 15.2 Å². The van der Waals surface area contributed by atoms with Crippen molar-refractivity contribution in [3.63, 3.8) is 0 Å². The highest BCUT2D eigenvalue weighted by Gasteiger charge is 2.21. The molecule has 1 aliphatic rings. The number of likely N-dealkylation sites (N-methyl/N-ethyl adjacent to an activating group) is 1. The second-order valence-corrected chi connectivity index (χ2v) is 5.04. The summed E-state index contributed by atoms with van der Waals surface area (Å²) in [7, 11) is 2.05. The number of hydrogen-bond donors (Lipinski definition) is 2. The minimum Gasteiger partial charge on any atom is -0.397 e. The highest BCUT2D eigenvalue weighted by molar-refractivity contribution is 6.32. The van der Waals surface area contributed by atoms with E-state index in [1.54, 1.807) is 6.07 Å². The number of pyridine rings is 1. The highest BCUT2D eigenvalue weighted by Crippen LogP contribution is 2.16. The molecule has 6 heteroatoms. The van der Waals surface area contributed by atoms with Gasteiger partial charge in [0.15, 0.2) is 0 Å². The van der Waals surface area contributed by atoms with Gasteiger partial charge in [0.05, 0.1) is 17.4 Å². The Balaban J connectivity index is 2.05. The normalized spacial score (nSPS) is 20.7. The Kier molecular flexibility index (Phi) is 4.04. The molecule has 2 rings (SSSR count). The monoisotopic (exact) mass is 268 g/mol. The van der Waals surface area contributed by atoms with Crippen LogP contribution in [0.15, 0.2) is 12.3 Å². The molecule has 5 nitrogen and oxygen atoms in total. The van der Waals surface area contributed by atoms with E-state index in [0.29, 0.717) is 11.3 Å². The van der Waals surface area contributed by atoms with Crippen molar-refractivity contribution in [3.05, 3.63) is 23.0 Å². The highest BCUT2D eigenvalue weighted by atomic mass is 35.5. The summed E-state index contributed by atoms with van der Waals surface area (Å²) in [5.74, 6) is -0.208. The molecule has 1 amide bonds. The summed E-state index contributed by atoms with van der Waals surface area (Å²) in [4.78, 5) is 18.2. The lowest BCUT2D eigenvalue weighted by Crippen LogP contribution is -2.46. The molecule has 1 fully saturated rings. The van der Waals surface area contributed by atoms with E-state index in [2.05, 4.69) is 15.2 Å². The van der Waals surface area contributed by atoms with Gasteiger partial charge in [-0.15, -0.1) is 0 Å². The predicted octanol–water partition coefficient (Wildman–Crippen LogP) is 1.14. The number of anilines is 1. The smallest absolute Gasteiger partial charge is 0.254 e. The van der Waals surface area contributed by atoms with Gasteiger partial charge in [-0.25, -0.2) is 4.98 Å². The van der Waals surface area contributed by atoms with E-state index < -0.39 is 0 Å². The summed E-state index contributed by atoms with van der Waals surface area (Å²) in [6, 6.07) is 1.71. The van der Waals surface area contributed by atoms with E-state index >= 15 is 0 Å². The summed E-state index contributed by atoms with van der Waals surface area (Å²) in [5, 5.41) is 3.16. The number of aromatic nitrogens is 1. The first-order valence-corrected chi connectivity index (χ1v) is 6.34. The molecule has 0 bridgehead atoms. The molecule has 0 radical (unpaired) electrons. The fraction of sp³-hybridized carbons (Fsp3) is 0.500. The quantitative estimate of drug-likeness (QED) is 0.789. The van der Waals surface area contributed by atoms with Crippen molar-refractivity contribution < 1.29 is 4.79 Å². The number of amides is 1. The van der Waals surface area contributed by atoms with Gasteiger partial charge in [-0.1, -0.05) is 11.6 Å². The molecule has 1 atom stereocenters. The van der Waals surface area contributed by atoms with Crippen molar-refractivity contribution >= 4 is 23.2 Å². The molecular weight excluding hydrogens is 252 g/mol. The molecular formula is C12H17ClN4O. The minimum atomic E-state index is -0.208. The summed E-state index contributed by atoms with van der Waals surface area (Å²) in [6.45, 7) is 1.94. The maximum atomic E-state index is 12.1. The lowest BCUT2D eigenvalue weighted by Gasteiger charge is -2.30. The summed E-state index contributed by atoms with van der Waals surface area (Å²) in [5.41, 5.74) is 6.38. The minimum absolute atomic E-state index is 0.161. The number of halogens is 1. The van der Waals surface area contributed by atoms with Crippen LogP contribution in [0.25, 0.3) is 0 Å². The van der Waals surface area contributed by atoms with Crippen molar-refractivity contribution in [2.24, 2.45) is 0 Å². The molecule has 1 aromatic rings. The lowest BCUT2D eigenvalue weighted by atomic mass is 10.1. The van der Waals surface area contributed by atoms with Gasteiger partial charge >= 0.3 is 0 Å². The summed E-state index contributed by atoms with van der Waals surface area (Å²) >= 11 is 5.90. The van der Waals surface area contributed by atoms with Gasteiger partial charge < -0.3 is 16.0 Å². The number of rotatable bonds is 2. The second kappa shape index (κ2) is 5.54. The third-order valence-corrected chi connectivity index (χ3v) is 3.37. The topological polar surface area (TPSA) is 71.2 Å². The Morgan fingerprint density at radius 2 is 2.44 bits per heavy atom. The Labute approximate surface area is 111 Å². The van der Waals surface area contributed by atoms with Crippen LogP contribution in [-0.4, -0.2) is 42.0 Å². The van der Waals surface area contributed by atoms with Crippen LogP contribution in [0.1, 0.15) is 23.2 Å². The van der Waals surface area contributed by atoms with Gasteiger partial charge in [-0.05, 0) is 32.5 Å². The van der Waals surface area contributed by atoms with Crippen LogP contribution in [0.4, 0.5) is 5.69 Å². The van der Waals surface area contributed by atoms with Gasteiger partial charge in [0.2, 0.25) is 0 Å². The SMILES string of the molecule is CN1CCCC(NC(=O)c2cc(N)cnc2Cl)C1. The molecule has 0 saturated carbocycles. The number of nitrogens with one attached hydrogen (secondary N) is 1. The van der Waals surface area contributed by atoms with Crippen LogP contribution in [0.5, 0.6) is 0 Å². The van der Waals surface area contributed by atoms with E-state index in [0.717, 1.165) is 25.9 Å². The molecule has 98 valence electrons. The maximum absolute atomic E-state index is 12.1. The number of carbonyl (C=O) groups is 1. The zero-order valence-corrected chi connectivity index (χ0v) is 11.1. The first-order chi connectivity index (χ1) is 8.56. The van der Waals surface area contributed by atoms with Gasteiger partial charge in [0.1, 0.15) is 5.15 Å². The Hall–Kier alpha value is -1.33. The van der Waals surface area contributed by atoms with Gasteiger partial charge in [-0.2, -0.15) is 0 Å². The fourth-order valence-corrected chi connectivity index (χ4v) is 2.36. The number of piperidine rings is 1. The number of nitrogen functional groups attached to an aromatic ring is 1. The third kappa shape index (κ3) is 3.11. The third-order valence-electron chi connectivity index (χ3n) is 3.06. The van der Waals surface area contributed by atoms with E-state index in [1.807, 2.05) is 7.05 Å². The van der Waals surface area contributed by atoms with E-state index in [-0.39, 0.29) is 17.1 Å². The van der Waals surface area contributed by atoms with E-state index in [1.165, 1.54) is 6.20 Å². The molecule has 0 aliphatic carbocycles. The zero-order chi connectivity index (χ0) is 13.1. The van der Waals surface area contributed by atoms with Gasteiger partial charge in [-0.3, -0.25) is 4.79 Å². The second-order valence-electron chi connectivity index (χ2n) is 4.68. The lowest BCUT2D eigenvalue weighted by molar-refractivity contribution is 0.0912. The number of hydrogen-bond acceptors (Lipinski definition) is 4. The van der Waals surface area contributed by atoms with E-state index in [9.17, 15) is 4.79 Å². The molecule has 1 aromatic heterocycles. The summed E-state index contributed by atoms with van der Waals surface area (Å²) < 4.78 is 0. The molecule has 1 aliphatic heterocycles. The first-order valence-electron chi connectivity index (χ1n) is 5.96. The Morgan fingerprint density at radius 3 is 3.17 bits per heavy atom. The number of carbonyl (C=O) groups excluding carboxylic acids is 1. The number of nitrogens with two attached hydrogens (primary N) is 1. The van der Waals surface area contributed by atoms with Crippen molar-refractivity contribution in [2.45, 2.75) is 18.9 Å². The first kappa shape index (κ1) is 13.1. The molecule has 2 heterocycles. The maximum Gasteiger partial charge on any atom is 0.254 e. The Bertz CT molecular complexity index is 452. The zero-order valence-electron chi connectivity index (χ0n) is 10.3. The largest absolute Gasteiger partial charge is 0.397 e. The standard InChI is InChI=1S/C12H17ClN4O/c1-17-4-2-3-9(7-17)16-12(18)10-5-8(14)6-15-11(10)13/h5-6,9H,2-4,7,14H2,1H3,(H,16,18). The van der Waals surface area contributed by atoms with Crippen LogP contribution in [0.3, 0.4) is 0 Å². The molecule has 1 saturated heterocycles. The van der Waals surface area contributed by atoms with Crippen LogP contribution < -0.4 is 11.1 Å². The molecule has 1 unspecified atom stereocenters. The molecule has 18 heavy (non-hydrogen) atoms. The van der Waals surface area contributed by atoms with Crippen LogP contribution in [0.2, 0.25) is 5.15 Å². The van der Waals surface area contributed by atoms with Crippen LogP contribution in [0, 0.1) is 0 Å². The van der Waals surface area contributed by atoms with Crippen LogP contribution >= 0.6 is 11.6 Å². The van der Waals surface area contributed by atoms with E-state index in [4.69, 9.17) is 17.3 Å². The molecule has 0 aromatic carbocycles. The molecule has 3 N–H and O–H groups in total. The van der Waals surface area contributed by atoms with Gasteiger partial charge in [0, 0.05) is 12.6 Å². The summed E-state index contributed by atoms with van der Waals surface area (Å²) in [6.07, 6.45) is 3.52. The van der Waals surface area contributed by atoms with Crippen molar-refractivity contribution in [3.8, 4) is 0 Å².